The number of para-hydroxylation sites is 2. The van der Waals surface area contributed by atoms with E-state index in [4.69, 9.17) is 20.8 Å². The quantitative estimate of drug-likeness (QED) is 0.542. The lowest BCUT2D eigenvalue weighted by molar-refractivity contribution is -0.142. The minimum Gasteiger partial charge on any atom is -0.452 e. The summed E-state index contributed by atoms with van der Waals surface area (Å²) < 4.78 is 23.3. The van der Waals surface area contributed by atoms with Crippen LogP contribution in [0.15, 0.2) is 53.0 Å². The van der Waals surface area contributed by atoms with Gasteiger partial charge in [0, 0.05) is 17.8 Å². The van der Waals surface area contributed by atoms with Crippen molar-refractivity contribution in [3.63, 3.8) is 0 Å². The average molecular weight is 375 g/mol. The minimum atomic E-state index is -0.737. The molecule has 0 saturated heterocycles. The molecule has 0 fully saturated rings. The molecule has 8 heteroatoms. The number of aromatic nitrogens is 1. The molecule has 1 aromatic heterocycles. The molecule has 0 aliphatic carbocycles. The van der Waals surface area contributed by atoms with Crippen LogP contribution in [-0.4, -0.2) is 23.5 Å². The molecule has 2 aromatic carbocycles. The molecule has 132 valence electrons. The Morgan fingerprint density at radius 2 is 2.08 bits per heavy atom. The Balaban J connectivity index is 1.51. The Morgan fingerprint density at radius 1 is 1.27 bits per heavy atom. The Labute approximate surface area is 152 Å². The summed E-state index contributed by atoms with van der Waals surface area (Å²) in [6, 6.07) is 10.9. The van der Waals surface area contributed by atoms with Gasteiger partial charge < -0.3 is 14.5 Å². The van der Waals surface area contributed by atoms with Crippen LogP contribution >= 0.6 is 11.6 Å². The number of nitrogens with one attached hydrogen (secondary N) is 1. The molecule has 6 nitrogen and oxygen atoms in total. The highest BCUT2D eigenvalue weighted by molar-refractivity contribution is 6.31. The lowest BCUT2D eigenvalue weighted by atomic mass is 10.3. The lowest BCUT2D eigenvalue weighted by Crippen LogP contribution is -2.20. The number of halogens is 2. The molecule has 1 N–H and O–H groups in total. The summed E-state index contributed by atoms with van der Waals surface area (Å²) in [5.41, 5.74) is 1.55. The maximum Gasteiger partial charge on any atom is 0.331 e. The third-order valence-electron chi connectivity index (χ3n) is 3.22. The van der Waals surface area contributed by atoms with Gasteiger partial charge in [0.15, 0.2) is 12.2 Å². The van der Waals surface area contributed by atoms with Crippen LogP contribution in [0, 0.1) is 5.82 Å². The predicted octanol–water partition coefficient (Wildman–Crippen LogP) is 3.82. The van der Waals surface area contributed by atoms with Crippen molar-refractivity contribution < 1.29 is 23.1 Å². The van der Waals surface area contributed by atoms with Crippen LogP contribution in [-0.2, 0) is 14.3 Å². The second-order valence-electron chi connectivity index (χ2n) is 5.14. The summed E-state index contributed by atoms with van der Waals surface area (Å²) in [6.07, 6.45) is 2.45. The Hall–Kier alpha value is -3.19. The SMILES string of the molecule is O=C(COC(=O)/C=C/c1nc2ccccc2o1)Nc1ccc(F)c(Cl)c1. The van der Waals surface area contributed by atoms with Crippen LogP contribution in [0.2, 0.25) is 5.02 Å². The zero-order valence-electron chi connectivity index (χ0n) is 13.2. The first kappa shape index (κ1) is 17.6. The zero-order chi connectivity index (χ0) is 18.5. The van der Waals surface area contributed by atoms with Gasteiger partial charge in [-0.05, 0) is 30.3 Å². The molecule has 0 atom stereocenters. The van der Waals surface area contributed by atoms with Crippen LogP contribution in [0.5, 0.6) is 0 Å². The summed E-state index contributed by atoms with van der Waals surface area (Å²) in [5, 5.41) is 2.31. The third kappa shape index (κ3) is 4.46. The van der Waals surface area contributed by atoms with Gasteiger partial charge in [0.2, 0.25) is 5.89 Å². The zero-order valence-corrected chi connectivity index (χ0v) is 14.0. The van der Waals surface area contributed by atoms with E-state index in [9.17, 15) is 14.0 Å². The molecular formula is C18H12ClFN2O4. The van der Waals surface area contributed by atoms with Gasteiger partial charge in [-0.3, -0.25) is 4.79 Å². The number of rotatable bonds is 5. The van der Waals surface area contributed by atoms with Crippen molar-refractivity contribution in [3.05, 3.63) is 65.3 Å². The van der Waals surface area contributed by atoms with Crippen LogP contribution < -0.4 is 5.32 Å². The first-order chi connectivity index (χ1) is 12.5. The predicted molar refractivity (Wildman–Crippen MR) is 94.0 cm³/mol. The minimum absolute atomic E-state index is 0.124. The molecule has 0 radical (unpaired) electrons. The molecule has 0 unspecified atom stereocenters. The summed E-state index contributed by atoms with van der Waals surface area (Å²) in [5.74, 6) is -1.68. The van der Waals surface area contributed by atoms with Crippen molar-refractivity contribution in [1.29, 1.82) is 0 Å². The van der Waals surface area contributed by atoms with Crippen molar-refractivity contribution in [2.45, 2.75) is 0 Å². The van der Waals surface area contributed by atoms with Crippen LogP contribution in [0.4, 0.5) is 10.1 Å². The first-order valence-corrected chi connectivity index (χ1v) is 7.84. The lowest BCUT2D eigenvalue weighted by Gasteiger charge is -2.06. The fourth-order valence-electron chi connectivity index (χ4n) is 2.06. The highest BCUT2D eigenvalue weighted by Gasteiger charge is 2.08. The number of fused-ring (bicyclic) bond motifs is 1. The molecule has 0 aliphatic heterocycles. The van der Waals surface area contributed by atoms with Gasteiger partial charge in [-0.15, -0.1) is 0 Å². The molecule has 1 amide bonds. The van der Waals surface area contributed by atoms with Gasteiger partial charge in [-0.1, -0.05) is 23.7 Å². The van der Waals surface area contributed by atoms with E-state index < -0.39 is 24.3 Å². The maximum atomic E-state index is 13.0. The van der Waals surface area contributed by atoms with Gasteiger partial charge >= 0.3 is 5.97 Å². The van der Waals surface area contributed by atoms with E-state index in [2.05, 4.69) is 10.3 Å². The number of carbonyl (C=O) groups excluding carboxylic acids is 2. The normalized spacial score (nSPS) is 11.0. The largest absolute Gasteiger partial charge is 0.452 e. The van der Waals surface area contributed by atoms with Gasteiger partial charge in [-0.25, -0.2) is 14.2 Å². The number of anilines is 1. The molecule has 0 bridgehead atoms. The van der Waals surface area contributed by atoms with Crippen molar-refractivity contribution in [1.82, 2.24) is 4.98 Å². The van der Waals surface area contributed by atoms with E-state index in [0.29, 0.717) is 16.8 Å². The highest BCUT2D eigenvalue weighted by Crippen LogP contribution is 2.19. The van der Waals surface area contributed by atoms with Gasteiger partial charge in [-0.2, -0.15) is 0 Å². The molecule has 1 heterocycles. The Kier molecular flexibility index (Phi) is 5.28. The van der Waals surface area contributed by atoms with E-state index in [1.165, 1.54) is 18.2 Å². The number of ether oxygens (including phenoxy) is 1. The second-order valence-corrected chi connectivity index (χ2v) is 5.55. The molecule has 3 aromatic rings. The van der Waals surface area contributed by atoms with Gasteiger partial charge in [0.25, 0.3) is 5.91 Å². The van der Waals surface area contributed by atoms with Crippen molar-refractivity contribution in [2.75, 3.05) is 11.9 Å². The van der Waals surface area contributed by atoms with Crippen molar-refractivity contribution >= 4 is 46.3 Å². The fraction of sp³-hybridized carbons (Fsp3) is 0.0556. The Bertz CT molecular complexity index is 967. The number of hydrogen-bond acceptors (Lipinski definition) is 5. The van der Waals surface area contributed by atoms with E-state index in [1.807, 2.05) is 12.1 Å². The van der Waals surface area contributed by atoms with Gasteiger partial charge in [0.1, 0.15) is 11.3 Å². The summed E-state index contributed by atoms with van der Waals surface area (Å²) in [7, 11) is 0. The maximum absolute atomic E-state index is 13.0. The molecule has 0 saturated carbocycles. The summed E-state index contributed by atoms with van der Waals surface area (Å²) >= 11 is 5.62. The summed E-state index contributed by atoms with van der Waals surface area (Å²) in [6.45, 7) is -0.508. The number of carbonyl (C=O) groups is 2. The van der Waals surface area contributed by atoms with E-state index in [1.54, 1.807) is 12.1 Å². The second kappa shape index (κ2) is 7.79. The van der Waals surface area contributed by atoms with Gasteiger partial charge in [0.05, 0.1) is 5.02 Å². The number of esters is 1. The van der Waals surface area contributed by atoms with Crippen LogP contribution in [0.3, 0.4) is 0 Å². The third-order valence-corrected chi connectivity index (χ3v) is 3.51. The highest BCUT2D eigenvalue weighted by atomic mass is 35.5. The standard InChI is InChI=1S/C18H12ClFN2O4/c19-12-9-11(5-6-13(12)20)21-16(23)10-25-18(24)8-7-17-22-14-3-1-2-4-15(14)26-17/h1-9H,10H2,(H,21,23)/b8-7+. The number of amides is 1. The molecule has 0 aliphatic rings. The smallest absolute Gasteiger partial charge is 0.331 e. The number of nitrogens with zero attached hydrogens (tertiary/aromatic N) is 1. The number of oxazole rings is 1. The average Bonchev–Trinajstić information content (AvgIpc) is 3.04. The molecule has 3 rings (SSSR count). The topological polar surface area (TPSA) is 81.4 Å². The first-order valence-electron chi connectivity index (χ1n) is 7.46. The molecule has 0 spiro atoms. The summed E-state index contributed by atoms with van der Waals surface area (Å²) in [4.78, 5) is 27.6. The Morgan fingerprint density at radius 3 is 2.85 bits per heavy atom. The van der Waals surface area contributed by atoms with Crippen molar-refractivity contribution in [3.8, 4) is 0 Å². The molecule has 26 heavy (non-hydrogen) atoms. The molecular weight excluding hydrogens is 363 g/mol. The fourth-order valence-corrected chi connectivity index (χ4v) is 2.24. The van der Waals surface area contributed by atoms with Crippen LogP contribution in [0.25, 0.3) is 17.2 Å². The van der Waals surface area contributed by atoms with Crippen molar-refractivity contribution in [2.24, 2.45) is 0 Å². The van der Waals surface area contributed by atoms with E-state index in [0.717, 1.165) is 12.1 Å². The number of hydrogen-bond donors (Lipinski definition) is 1. The number of benzene rings is 2. The van der Waals surface area contributed by atoms with E-state index in [-0.39, 0.29) is 10.9 Å². The monoisotopic (exact) mass is 374 g/mol. The van der Waals surface area contributed by atoms with Crippen LogP contribution in [0.1, 0.15) is 5.89 Å². The van der Waals surface area contributed by atoms with E-state index >= 15 is 0 Å².